The summed E-state index contributed by atoms with van der Waals surface area (Å²) in [5.74, 6) is 0.597. The maximum atomic E-state index is 7.42. The minimum Gasteiger partial charge on any atom is -0.370 e. The van der Waals surface area contributed by atoms with Gasteiger partial charge >= 0.3 is 0 Å². The Labute approximate surface area is 89.4 Å². The van der Waals surface area contributed by atoms with Crippen molar-refractivity contribution in [1.29, 1.82) is 5.41 Å². The Morgan fingerprint density at radius 3 is 3.07 bits per heavy atom. The SMILES string of the molecule is Cn1ccc(C2CCCN(C(=N)N)C2)n1. The molecule has 0 spiro atoms. The maximum absolute atomic E-state index is 7.42. The van der Waals surface area contributed by atoms with E-state index in [0.717, 1.165) is 31.6 Å². The lowest BCUT2D eigenvalue weighted by atomic mass is 9.95. The Kier molecular flexibility index (Phi) is 2.62. The van der Waals surface area contributed by atoms with E-state index in [1.165, 1.54) is 0 Å². The molecule has 82 valence electrons. The molecule has 0 saturated carbocycles. The molecule has 0 amide bonds. The van der Waals surface area contributed by atoms with E-state index in [9.17, 15) is 0 Å². The maximum Gasteiger partial charge on any atom is 0.188 e. The first kappa shape index (κ1) is 10.0. The van der Waals surface area contributed by atoms with Crippen molar-refractivity contribution in [2.75, 3.05) is 13.1 Å². The number of aryl methyl sites for hydroxylation is 1. The summed E-state index contributed by atoms with van der Waals surface area (Å²) in [5, 5.41) is 11.8. The lowest BCUT2D eigenvalue weighted by Gasteiger charge is -2.32. The fourth-order valence-electron chi connectivity index (χ4n) is 2.09. The summed E-state index contributed by atoms with van der Waals surface area (Å²) in [4.78, 5) is 1.92. The molecular formula is C10H17N5. The lowest BCUT2D eigenvalue weighted by molar-refractivity contribution is 0.301. The number of piperidine rings is 1. The first-order chi connectivity index (χ1) is 7.16. The van der Waals surface area contributed by atoms with E-state index in [1.807, 2.05) is 28.9 Å². The zero-order valence-electron chi connectivity index (χ0n) is 8.98. The normalized spacial score (nSPS) is 21.7. The van der Waals surface area contributed by atoms with Crippen LogP contribution in [0.3, 0.4) is 0 Å². The third-order valence-corrected chi connectivity index (χ3v) is 2.91. The molecule has 0 aromatic carbocycles. The fourth-order valence-corrected chi connectivity index (χ4v) is 2.09. The minimum absolute atomic E-state index is 0.177. The molecule has 1 aliphatic heterocycles. The molecule has 1 aliphatic rings. The van der Waals surface area contributed by atoms with Crippen molar-refractivity contribution >= 4 is 5.96 Å². The molecular weight excluding hydrogens is 190 g/mol. The van der Waals surface area contributed by atoms with Crippen molar-refractivity contribution in [3.63, 3.8) is 0 Å². The van der Waals surface area contributed by atoms with Gasteiger partial charge in [-0.05, 0) is 18.9 Å². The van der Waals surface area contributed by atoms with Crippen molar-refractivity contribution in [2.24, 2.45) is 12.8 Å². The van der Waals surface area contributed by atoms with Crippen LogP contribution in [0.25, 0.3) is 0 Å². The molecule has 1 aromatic heterocycles. The molecule has 1 aromatic rings. The first-order valence-corrected chi connectivity index (χ1v) is 5.25. The number of nitrogens with two attached hydrogens (primary N) is 1. The molecule has 2 rings (SSSR count). The summed E-state index contributed by atoms with van der Waals surface area (Å²) in [6.45, 7) is 1.73. The van der Waals surface area contributed by atoms with Crippen LogP contribution in [0, 0.1) is 5.41 Å². The van der Waals surface area contributed by atoms with Crippen LogP contribution in [0.2, 0.25) is 0 Å². The summed E-state index contributed by atoms with van der Waals surface area (Å²) < 4.78 is 1.82. The van der Waals surface area contributed by atoms with Crippen LogP contribution in [0.1, 0.15) is 24.5 Å². The Morgan fingerprint density at radius 2 is 2.47 bits per heavy atom. The standard InChI is InChI=1S/C10H17N5/c1-14-6-4-9(13-14)8-3-2-5-15(7-8)10(11)12/h4,6,8H,2-3,5,7H2,1H3,(H3,11,12). The van der Waals surface area contributed by atoms with Crippen molar-refractivity contribution < 1.29 is 0 Å². The predicted molar refractivity (Wildman–Crippen MR) is 58.7 cm³/mol. The van der Waals surface area contributed by atoms with Gasteiger partial charge < -0.3 is 10.6 Å². The molecule has 0 radical (unpaired) electrons. The molecule has 2 heterocycles. The van der Waals surface area contributed by atoms with Crippen LogP contribution in [-0.2, 0) is 7.05 Å². The van der Waals surface area contributed by atoms with Gasteiger partial charge in [0.25, 0.3) is 0 Å². The number of guanidine groups is 1. The van der Waals surface area contributed by atoms with Gasteiger partial charge in [0, 0.05) is 32.3 Å². The van der Waals surface area contributed by atoms with Crippen LogP contribution < -0.4 is 5.73 Å². The molecule has 15 heavy (non-hydrogen) atoms. The average Bonchev–Trinajstić information content (AvgIpc) is 2.65. The van der Waals surface area contributed by atoms with Crippen molar-refractivity contribution in [1.82, 2.24) is 14.7 Å². The van der Waals surface area contributed by atoms with E-state index in [-0.39, 0.29) is 5.96 Å². The number of hydrogen-bond acceptors (Lipinski definition) is 2. The summed E-state index contributed by atoms with van der Waals surface area (Å²) in [5.41, 5.74) is 6.61. The van der Waals surface area contributed by atoms with Gasteiger partial charge in [0.1, 0.15) is 0 Å². The predicted octanol–water partition coefficient (Wildman–Crippen LogP) is 0.493. The van der Waals surface area contributed by atoms with Gasteiger partial charge in [0.05, 0.1) is 5.69 Å². The van der Waals surface area contributed by atoms with E-state index >= 15 is 0 Å². The number of hydrogen-bond donors (Lipinski definition) is 2. The topological polar surface area (TPSA) is 70.9 Å². The van der Waals surface area contributed by atoms with Crippen LogP contribution in [0.4, 0.5) is 0 Å². The highest BCUT2D eigenvalue weighted by Gasteiger charge is 2.23. The highest BCUT2D eigenvalue weighted by atomic mass is 15.3. The van der Waals surface area contributed by atoms with Crippen LogP contribution >= 0.6 is 0 Å². The van der Waals surface area contributed by atoms with Gasteiger partial charge in [-0.25, -0.2) is 0 Å². The van der Waals surface area contributed by atoms with E-state index in [0.29, 0.717) is 5.92 Å². The number of nitrogens with one attached hydrogen (secondary N) is 1. The fraction of sp³-hybridized carbons (Fsp3) is 0.600. The van der Waals surface area contributed by atoms with Crippen LogP contribution in [0.5, 0.6) is 0 Å². The van der Waals surface area contributed by atoms with Crippen molar-refractivity contribution in [3.8, 4) is 0 Å². The van der Waals surface area contributed by atoms with Gasteiger partial charge in [0.2, 0.25) is 0 Å². The smallest absolute Gasteiger partial charge is 0.188 e. The Bertz CT molecular complexity index is 356. The summed E-state index contributed by atoms with van der Waals surface area (Å²) in [6, 6.07) is 2.05. The third kappa shape index (κ3) is 2.11. The second-order valence-corrected chi connectivity index (χ2v) is 4.08. The highest BCUT2D eigenvalue weighted by Crippen LogP contribution is 2.24. The molecule has 1 saturated heterocycles. The van der Waals surface area contributed by atoms with E-state index in [2.05, 4.69) is 5.10 Å². The van der Waals surface area contributed by atoms with Gasteiger partial charge in [-0.1, -0.05) is 0 Å². The van der Waals surface area contributed by atoms with Crippen LogP contribution in [-0.4, -0.2) is 33.7 Å². The van der Waals surface area contributed by atoms with E-state index in [1.54, 1.807) is 0 Å². The lowest BCUT2D eigenvalue weighted by Crippen LogP contribution is -2.42. The Balaban J connectivity index is 2.07. The zero-order chi connectivity index (χ0) is 10.8. The summed E-state index contributed by atoms with van der Waals surface area (Å²) >= 11 is 0. The van der Waals surface area contributed by atoms with E-state index < -0.39 is 0 Å². The molecule has 0 bridgehead atoms. The van der Waals surface area contributed by atoms with E-state index in [4.69, 9.17) is 11.1 Å². The van der Waals surface area contributed by atoms with Crippen LogP contribution in [0.15, 0.2) is 12.3 Å². The quantitative estimate of drug-likeness (QED) is 0.520. The van der Waals surface area contributed by atoms with Crippen molar-refractivity contribution in [2.45, 2.75) is 18.8 Å². The molecule has 5 nitrogen and oxygen atoms in total. The second-order valence-electron chi connectivity index (χ2n) is 4.08. The van der Waals surface area contributed by atoms with Gasteiger partial charge in [-0.15, -0.1) is 0 Å². The third-order valence-electron chi connectivity index (χ3n) is 2.91. The number of nitrogens with zero attached hydrogens (tertiary/aromatic N) is 3. The summed E-state index contributed by atoms with van der Waals surface area (Å²) in [7, 11) is 1.93. The largest absolute Gasteiger partial charge is 0.370 e. The van der Waals surface area contributed by atoms with Crippen molar-refractivity contribution in [3.05, 3.63) is 18.0 Å². The molecule has 3 N–H and O–H groups in total. The molecule has 1 unspecified atom stereocenters. The number of rotatable bonds is 1. The molecule has 0 aliphatic carbocycles. The molecule has 5 heteroatoms. The highest BCUT2D eigenvalue weighted by molar-refractivity contribution is 5.74. The first-order valence-electron chi connectivity index (χ1n) is 5.25. The molecule has 1 fully saturated rings. The van der Waals surface area contributed by atoms with Gasteiger partial charge in [-0.2, -0.15) is 5.10 Å². The Morgan fingerprint density at radius 1 is 1.67 bits per heavy atom. The monoisotopic (exact) mass is 207 g/mol. The second kappa shape index (κ2) is 3.92. The van der Waals surface area contributed by atoms with Gasteiger partial charge in [-0.3, -0.25) is 10.1 Å². The molecule has 1 atom stereocenters. The minimum atomic E-state index is 0.177. The number of aromatic nitrogens is 2. The summed E-state index contributed by atoms with van der Waals surface area (Å²) in [6.07, 6.45) is 4.18. The Hall–Kier alpha value is -1.52. The number of likely N-dealkylation sites (tertiary alicyclic amines) is 1. The average molecular weight is 207 g/mol. The van der Waals surface area contributed by atoms with Gasteiger partial charge in [0.15, 0.2) is 5.96 Å². The zero-order valence-corrected chi connectivity index (χ0v) is 8.98.